The third-order valence-electron chi connectivity index (χ3n) is 7.09. The molecule has 1 aliphatic carbocycles. The lowest BCUT2D eigenvalue weighted by molar-refractivity contribution is -0.175. The molecule has 0 spiro atoms. The van der Waals surface area contributed by atoms with Crippen LogP contribution in [0.25, 0.3) is 0 Å². The summed E-state index contributed by atoms with van der Waals surface area (Å²) in [7, 11) is 1.55. The molecule has 4 amide bonds. The van der Waals surface area contributed by atoms with Gasteiger partial charge < -0.3 is 4.90 Å². The zero-order chi connectivity index (χ0) is 21.2. The monoisotopic (exact) mass is 408 g/mol. The molecule has 8 heteroatoms. The number of urea groups is 1. The number of imide groups is 1. The standard InChI is InChI=1S/C21H36N4O4/c1-21(2)19(27)24(20(28)22(21)3)15-25(29)18(26)14-17(13-16-9-5-6-10-16)23-11-7-4-8-12-23/h16-17,29H,4-15H2,1-3H3/t17-/m1/s1. The molecule has 0 aromatic carbocycles. The molecule has 2 saturated heterocycles. The normalized spacial score (nSPS) is 24.4. The predicted octanol–water partition coefficient (Wildman–Crippen LogP) is 2.66. The average molecular weight is 409 g/mol. The second-order valence-corrected chi connectivity index (χ2v) is 9.41. The van der Waals surface area contributed by atoms with Gasteiger partial charge in [0.1, 0.15) is 12.2 Å². The first-order valence-electron chi connectivity index (χ1n) is 11.0. The molecule has 0 bridgehead atoms. The lowest BCUT2D eigenvalue weighted by atomic mass is 9.93. The van der Waals surface area contributed by atoms with E-state index >= 15 is 0 Å². The minimum atomic E-state index is -0.972. The first kappa shape index (κ1) is 22.0. The summed E-state index contributed by atoms with van der Waals surface area (Å²) in [4.78, 5) is 42.4. The van der Waals surface area contributed by atoms with E-state index in [0.717, 1.165) is 37.3 Å². The molecule has 2 aliphatic heterocycles. The molecule has 29 heavy (non-hydrogen) atoms. The van der Waals surface area contributed by atoms with Crippen molar-refractivity contribution in [1.29, 1.82) is 0 Å². The van der Waals surface area contributed by atoms with Crippen molar-refractivity contribution in [1.82, 2.24) is 19.8 Å². The SMILES string of the molecule is CN1C(=O)N(CN(O)C(=O)C[C@@H](CC2CCCC2)N2CCCCC2)C(=O)C1(C)C. The summed E-state index contributed by atoms with van der Waals surface area (Å²) in [5, 5.41) is 10.9. The summed E-state index contributed by atoms with van der Waals surface area (Å²) in [5.74, 6) is -0.181. The summed E-state index contributed by atoms with van der Waals surface area (Å²) in [5.41, 5.74) is -0.972. The van der Waals surface area contributed by atoms with Crippen LogP contribution in [0.1, 0.15) is 71.6 Å². The summed E-state index contributed by atoms with van der Waals surface area (Å²) in [6.45, 7) is 4.90. The quantitative estimate of drug-likeness (QED) is 0.398. The van der Waals surface area contributed by atoms with Crippen LogP contribution in [-0.4, -0.2) is 81.2 Å². The van der Waals surface area contributed by atoms with Gasteiger partial charge in [-0.05, 0) is 52.1 Å². The number of rotatable bonds is 7. The molecule has 8 nitrogen and oxygen atoms in total. The molecule has 3 aliphatic rings. The van der Waals surface area contributed by atoms with Crippen LogP contribution < -0.4 is 0 Å². The van der Waals surface area contributed by atoms with Gasteiger partial charge in [0.2, 0.25) is 5.91 Å². The van der Waals surface area contributed by atoms with Gasteiger partial charge in [-0.1, -0.05) is 32.1 Å². The number of nitrogens with zero attached hydrogens (tertiary/aromatic N) is 4. The number of likely N-dealkylation sites (N-methyl/N-ethyl adjacent to an activating group) is 1. The molecule has 164 valence electrons. The molecular weight excluding hydrogens is 372 g/mol. The molecule has 0 aromatic rings. The van der Waals surface area contributed by atoms with Gasteiger partial charge in [0, 0.05) is 19.5 Å². The summed E-state index contributed by atoms with van der Waals surface area (Å²) in [6, 6.07) is -0.380. The predicted molar refractivity (Wildman–Crippen MR) is 108 cm³/mol. The first-order valence-corrected chi connectivity index (χ1v) is 11.0. The Kier molecular flexibility index (Phi) is 6.83. The minimum Gasteiger partial charge on any atom is -0.313 e. The van der Waals surface area contributed by atoms with Gasteiger partial charge in [-0.15, -0.1) is 0 Å². The van der Waals surface area contributed by atoms with Gasteiger partial charge in [0.15, 0.2) is 0 Å². The second kappa shape index (κ2) is 9.00. The fraction of sp³-hybridized carbons (Fsp3) is 0.857. The lowest BCUT2D eigenvalue weighted by Crippen LogP contribution is -2.47. The van der Waals surface area contributed by atoms with Crippen LogP contribution in [0.2, 0.25) is 0 Å². The molecule has 1 saturated carbocycles. The van der Waals surface area contributed by atoms with E-state index in [0.29, 0.717) is 11.0 Å². The van der Waals surface area contributed by atoms with Crippen molar-refractivity contribution in [2.24, 2.45) is 5.92 Å². The summed E-state index contributed by atoms with van der Waals surface area (Å²) in [6.07, 6.45) is 9.71. The highest BCUT2D eigenvalue weighted by molar-refractivity contribution is 6.06. The highest BCUT2D eigenvalue weighted by Gasteiger charge is 2.50. The largest absolute Gasteiger partial charge is 0.328 e. The van der Waals surface area contributed by atoms with Crippen LogP contribution in [0, 0.1) is 5.92 Å². The third-order valence-corrected chi connectivity index (χ3v) is 7.09. The Morgan fingerprint density at radius 2 is 1.76 bits per heavy atom. The fourth-order valence-electron chi connectivity index (χ4n) is 4.90. The average Bonchev–Trinajstić information content (AvgIpc) is 3.27. The Hall–Kier alpha value is -1.67. The van der Waals surface area contributed by atoms with Crippen molar-refractivity contribution < 1.29 is 19.6 Å². The number of hydrogen-bond donors (Lipinski definition) is 1. The van der Waals surface area contributed by atoms with Crippen molar-refractivity contribution in [3.05, 3.63) is 0 Å². The first-order chi connectivity index (χ1) is 13.7. The molecule has 2 heterocycles. The summed E-state index contributed by atoms with van der Waals surface area (Å²) >= 11 is 0. The van der Waals surface area contributed by atoms with Crippen molar-refractivity contribution in [2.45, 2.75) is 83.2 Å². The number of amides is 4. The van der Waals surface area contributed by atoms with Gasteiger partial charge in [0.05, 0.1) is 0 Å². The number of carbonyl (C=O) groups is 3. The van der Waals surface area contributed by atoms with Crippen molar-refractivity contribution in [3.63, 3.8) is 0 Å². The van der Waals surface area contributed by atoms with Crippen molar-refractivity contribution >= 4 is 17.8 Å². The molecule has 0 aromatic heterocycles. The molecule has 0 unspecified atom stereocenters. The van der Waals surface area contributed by atoms with E-state index in [1.807, 2.05) is 0 Å². The Bertz CT molecular complexity index is 626. The van der Waals surface area contributed by atoms with Crippen LogP contribution in [0.5, 0.6) is 0 Å². The van der Waals surface area contributed by atoms with Gasteiger partial charge in [-0.2, -0.15) is 0 Å². The van der Waals surface area contributed by atoms with Gasteiger partial charge in [-0.25, -0.2) is 14.8 Å². The van der Waals surface area contributed by atoms with Crippen LogP contribution in [-0.2, 0) is 9.59 Å². The summed E-state index contributed by atoms with van der Waals surface area (Å²) < 4.78 is 0. The van der Waals surface area contributed by atoms with E-state index in [1.54, 1.807) is 20.9 Å². The molecular formula is C21H36N4O4. The fourth-order valence-corrected chi connectivity index (χ4v) is 4.90. The van der Waals surface area contributed by atoms with Gasteiger partial charge in [0.25, 0.3) is 5.91 Å². The number of hydroxylamine groups is 2. The van der Waals surface area contributed by atoms with Crippen LogP contribution in [0.3, 0.4) is 0 Å². The van der Waals surface area contributed by atoms with E-state index in [9.17, 15) is 19.6 Å². The zero-order valence-corrected chi connectivity index (χ0v) is 18.1. The Morgan fingerprint density at radius 1 is 1.14 bits per heavy atom. The molecule has 3 fully saturated rings. The number of piperidine rings is 1. The van der Waals surface area contributed by atoms with Crippen LogP contribution >= 0.6 is 0 Å². The Morgan fingerprint density at radius 3 is 2.31 bits per heavy atom. The minimum absolute atomic E-state index is 0.115. The highest BCUT2D eigenvalue weighted by atomic mass is 16.5. The van der Waals surface area contributed by atoms with E-state index in [2.05, 4.69) is 4.90 Å². The second-order valence-electron chi connectivity index (χ2n) is 9.41. The Balaban J connectivity index is 1.62. The third kappa shape index (κ3) is 4.74. The van der Waals surface area contributed by atoms with E-state index in [4.69, 9.17) is 0 Å². The topological polar surface area (TPSA) is 84.4 Å². The zero-order valence-electron chi connectivity index (χ0n) is 18.1. The smallest absolute Gasteiger partial charge is 0.313 e. The Labute approximate surface area is 173 Å². The van der Waals surface area contributed by atoms with Crippen LogP contribution in [0.4, 0.5) is 4.79 Å². The number of hydrogen-bond acceptors (Lipinski definition) is 5. The van der Waals surface area contributed by atoms with Crippen LogP contribution in [0.15, 0.2) is 0 Å². The van der Waals surface area contributed by atoms with E-state index < -0.39 is 30.1 Å². The van der Waals surface area contributed by atoms with E-state index in [-0.39, 0.29) is 12.5 Å². The number of carbonyl (C=O) groups excluding carboxylic acids is 3. The van der Waals surface area contributed by atoms with Crippen molar-refractivity contribution in [2.75, 3.05) is 26.8 Å². The van der Waals surface area contributed by atoms with Gasteiger partial charge >= 0.3 is 6.03 Å². The van der Waals surface area contributed by atoms with Gasteiger partial charge in [-0.3, -0.25) is 19.7 Å². The molecule has 3 rings (SSSR count). The maximum Gasteiger partial charge on any atom is 0.328 e. The molecule has 0 radical (unpaired) electrons. The highest BCUT2D eigenvalue weighted by Crippen LogP contribution is 2.32. The number of likely N-dealkylation sites (tertiary alicyclic amines) is 1. The molecule has 1 atom stereocenters. The molecule has 1 N–H and O–H groups in total. The van der Waals surface area contributed by atoms with Crippen molar-refractivity contribution in [3.8, 4) is 0 Å². The lowest BCUT2D eigenvalue weighted by Gasteiger charge is -2.36. The maximum absolute atomic E-state index is 12.8. The van der Waals surface area contributed by atoms with E-state index in [1.165, 1.54) is 37.0 Å². The maximum atomic E-state index is 12.8.